The van der Waals surface area contributed by atoms with Gasteiger partial charge in [0, 0.05) is 20.9 Å². The van der Waals surface area contributed by atoms with Crippen LogP contribution in [-0.4, -0.2) is 44.7 Å². The largest absolute Gasteiger partial charge is 0.481 e. The van der Waals surface area contributed by atoms with Gasteiger partial charge in [0.2, 0.25) is 0 Å². The number of rotatable bonds is 5. The quantitative estimate of drug-likeness (QED) is 0.467. The maximum absolute atomic E-state index is 11.3. The van der Waals surface area contributed by atoms with Gasteiger partial charge in [0.25, 0.3) is 5.24 Å². The highest BCUT2D eigenvalue weighted by Crippen LogP contribution is 2.34. The average Bonchev–Trinajstić information content (AvgIpc) is 3.02. The Balaban J connectivity index is 0.000000506. The van der Waals surface area contributed by atoms with Gasteiger partial charge in [-0.15, -0.1) is 23.5 Å². The lowest BCUT2D eigenvalue weighted by Gasteiger charge is -2.02. The molecular formula is C20H21ClO6S2. The molecule has 2 aromatic carbocycles. The summed E-state index contributed by atoms with van der Waals surface area (Å²) >= 11 is 7.75. The van der Waals surface area contributed by atoms with E-state index in [0.717, 1.165) is 16.7 Å². The summed E-state index contributed by atoms with van der Waals surface area (Å²) in [7, 11) is 0. The summed E-state index contributed by atoms with van der Waals surface area (Å²) in [6, 6.07) is 11.4. The van der Waals surface area contributed by atoms with Crippen molar-refractivity contribution in [2.75, 3.05) is 11.5 Å². The summed E-state index contributed by atoms with van der Waals surface area (Å²) < 4.78 is 0. The number of halogens is 1. The summed E-state index contributed by atoms with van der Waals surface area (Å²) in [6.45, 7) is 0. The van der Waals surface area contributed by atoms with Crippen LogP contribution in [0.4, 0.5) is 0 Å². The maximum atomic E-state index is 11.3. The number of ketones is 1. The fraction of sp³-hybridized carbons (Fsp3) is 0.200. The van der Waals surface area contributed by atoms with Crippen LogP contribution in [0, 0.1) is 0 Å². The third kappa shape index (κ3) is 7.23. The zero-order valence-corrected chi connectivity index (χ0v) is 16.1. The van der Waals surface area contributed by atoms with Crippen LogP contribution >= 0.6 is 35.1 Å². The third-order valence-corrected chi connectivity index (χ3v) is 5.74. The van der Waals surface area contributed by atoms with Crippen molar-refractivity contribution in [1.29, 1.82) is 0 Å². The first-order valence-corrected chi connectivity index (χ1v) is 9.82. The van der Waals surface area contributed by atoms with Crippen molar-refractivity contribution < 1.29 is 29.4 Å². The van der Waals surface area contributed by atoms with Gasteiger partial charge in [-0.05, 0) is 29.8 Å². The standard InChI is InChI=1S/C9H5ClO2S.C9H8O4S.2CH4/c10-9(12)6-3-1-2-5-7(11)4-13-8(5)6;10-8(11)5-14-7-4-2-1-3-6(7)9(12)13;;/h1-3H,4H2;1-4H,5H2,(H,10,11)(H,12,13);2*1H4. The van der Waals surface area contributed by atoms with Gasteiger partial charge in [-0.25, -0.2) is 4.79 Å². The molecule has 9 heteroatoms. The molecule has 2 aromatic rings. The minimum atomic E-state index is -1.04. The Hall–Kier alpha value is -2.29. The molecule has 0 unspecified atom stereocenters. The van der Waals surface area contributed by atoms with Crippen molar-refractivity contribution in [3.63, 3.8) is 0 Å². The number of fused-ring (bicyclic) bond motifs is 1. The topological polar surface area (TPSA) is 109 Å². The number of carboxylic acid groups (broad SMARTS) is 2. The lowest BCUT2D eigenvalue weighted by Crippen LogP contribution is -2.02. The smallest absolute Gasteiger partial charge is 0.336 e. The summed E-state index contributed by atoms with van der Waals surface area (Å²) in [5.41, 5.74) is 1.20. The van der Waals surface area contributed by atoms with Crippen molar-refractivity contribution >= 4 is 58.1 Å². The summed E-state index contributed by atoms with van der Waals surface area (Å²) in [5, 5.41) is 16.7. The zero-order chi connectivity index (χ0) is 20.0. The fourth-order valence-electron chi connectivity index (χ4n) is 2.19. The SMILES string of the molecule is C.C.O=C(Cl)c1cccc2c1SCC2=O.O=C(O)CSc1ccccc1C(=O)O. The van der Waals surface area contributed by atoms with E-state index in [1.54, 1.807) is 36.4 Å². The maximum Gasteiger partial charge on any atom is 0.336 e. The number of aromatic carboxylic acids is 1. The van der Waals surface area contributed by atoms with E-state index in [4.69, 9.17) is 21.8 Å². The fourth-order valence-corrected chi connectivity index (χ4v) is 4.25. The minimum Gasteiger partial charge on any atom is -0.481 e. The Morgan fingerprint density at radius 2 is 1.62 bits per heavy atom. The molecule has 0 spiro atoms. The van der Waals surface area contributed by atoms with Crippen LogP contribution in [0.5, 0.6) is 0 Å². The number of benzene rings is 2. The van der Waals surface area contributed by atoms with Crippen molar-refractivity contribution in [1.82, 2.24) is 0 Å². The predicted octanol–water partition coefficient (Wildman–Crippen LogP) is 5.19. The monoisotopic (exact) mass is 456 g/mol. The average molecular weight is 457 g/mol. The Morgan fingerprint density at radius 3 is 2.21 bits per heavy atom. The summed E-state index contributed by atoms with van der Waals surface area (Å²) in [6.07, 6.45) is 0. The van der Waals surface area contributed by atoms with Gasteiger partial charge in [-0.3, -0.25) is 14.4 Å². The van der Waals surface area contributed by atoms with E-state index in [0.29, 0.717) is 21.8 Å². The molecule has 0 fully saturated rings. The van der Waals surface area contributed by atoms with Gasteiger partial charge < -0.3 is 10.2 Å². The summed E-state index contributed by atoms with van der Waals surface area (Å²) in [5.74, 6) is -1.66. The van der Waals surface area contributed by atoms with Crippen molar-refractivity contribution in [3.8, 4) is 0 Å². The molecule has 0 atom stereocenters. The predicted molar refractivity (Wildman–Crippen MR) is 117 cm³/mol. The van der Waals surface area contributed by atoms with E-state index in [1.807, 2.05) is 0 Å². The molecule has 2 N–H and O–H groups in total. The molecular weight excluding hydrogens is 436 g/mol. The Kier molecular flexibility index (Phi) is 11.3. The van der Waals surface area contributed by atoms with E-state index in [2.05, 4.69) is 0 Å². The molecule has 3 rings (SSSR count). The molecule has 0 amide bonds. The van der Waals surface area contributed by atoms with Crippen LogP contribution in [-0.2, 0) is 4.79 Å². The van der Waals surface area contributed by atoms with Gasteiger partial charge >= 0.3 is 11.9 Å². The van der Waals surface area contributed by atoms with E-state index in [-0.39, 0.29) is 32.0 Å². The molecule has 156 valence electrons. The van der Waals surface area contributed by atoms with E-state index < -0.39 is 17.2 Å². The highest BCUT2D eigenvalue weighted by Gasteiger charge is 2.24. The van der Waals surface area contributed by atoms with Gasteiger partial charge in [0.1, 0.15) is 0 Å². The van der Waals surface area contributed by atoms with E-state index in [1.165, 1.54) is 17.8 Å². The van der Waals surface area contributed by atoms with Crippen molar-refractivity contribution in [2.45, 2.75) is 24.6 Å². The van der Waals surface area contributed by atoms with E-state index >= 15 is 0 Å². The van der Waals surface area contributed by atoms with Crippen molar-refractivity contribution in [3.05, 3.63) is 59.2 Å². The van der Waals surface area contributed by atoms with Crippen LogP contribution in [0.15, 0.2) is 52.3 Å². The number of aliphatic carboxylic acids is 1. The highest BCUT2D eigenvalue weighted by atomic mass is 35.5. The number of thioether (sulfide) groups is 2. The second-order valence-corrected chi connectivity index (χ2v) is 7.50. The number of carbonyl (C=O) groups is 4. The molecule has 29 heavy (non-hydrogen) atoms. The molecule has 0 radical (unpaired) electrons. The van der Waals surface area contributed by atoms with E-state index in [9.17, 15) is 19.2 Å². The van der Waals surface area contributed by atoms with Crippen LogP contribution in [0.3, 0.4) is 0 Å². The molecule has 1 aliphatic heterocycles. The van der Waals surface area contributed by atoms with Gasteiger partial charge in [-0.2, -0.15) is 0 Å². The van der Waals surface area contributed by atoms with Gasteiger partial charge in [-0.1, -0.05) is 39.1 Å². The third-order valence-electron chi connectivity index (χ3n) is 3.34. The molecule has 0 aromatic heterocycles. The normalized spacial score (nSPS) is 11.1. The number of hydrogen-bond acceptors (Lipinski definition) is 6. The molecule has 1 heterocycles. The lowest BCUT2D eigenvalue weighted by atomic mass is 10.1. The second-order valence-electron chi connectivity index (χ2n) is 5.15. The van der Waals surface area contributed by atoms with Crippen LogP contribution < -0.4 is 0 Å². The minimum absolute atomic E-state index is 0. The Morgan fingerprint density at radius 1 is 1.00 bits per heavy atom. The lowest BCUT2D eigenvalue weighted by molar-refractivity contribution is -0.133. The highest BCUT2D eigenvalue weighted by molar-refractivity contribution is 8.00. The van der Waals surface area contributed by atoms with Crippen LogP contribution in [0.25, 0.3) is 0 Å². The number of carboxylic acids is 2. The Labute approximate surface area is 182 Å². The Bertz CT molecular complexity index is 914. The molecule has 0 aliphatic carbocycles. The zero-order valence-electron chi connectivity index (χ0n) is 13.7. The second kappa shape index (κ2) is 12.3. The molecule has 0 bridgehead atoms. The first-order chi connectivity index (χ1) is 12.8. The number of Topliss-reactive ketones (excluding diaryl/α,β-unsaturated/α-hetero) is 1. The van der Waals surface area contributed by atoms with Crippen LogP contribution in [0.2, 0.25) is 0 Å². The number of carbonyl (C=O) groups excluding carboxylic acids is 2. The number of hydrogen-bond donors (Lipinski definition) is 2. The van der Waals surface area contributed by atoms with Crippen molar-refractivity contribution in [2.24, 2.45) is 0 Å². The van der Waals surface area contributed by atoms with Gasteiger partial charge in [0.05, 0.1) is 17.1 Å². The molecule has 1 aliphatic rings. The van der Waals surface area contributed by atoms with Crippen LogP contribution in [0.1, 0.15) is 45.9 Å². The summed E-state index contributed by atoms with van der Waals surface area (Å²) in [4.78, 5) is 44.4. The van der Waals surface area contributed by atoms with Gasteiger partial charge in [0.15, 0.2) is 5.78 Å². The molecule has 0 saturated heterocycles. The molecule has 6 nitrogen and oxygen atoms in total. The first-order valence-electron chi connectivity index (χ1n) is 7.47. The molecule has 0 saturated carbocycles. The first kappa shape index (κ1) is 26.7.